The fourth-order valence-corrected chi connectivity index (χ4v) is 0.940. The van der Waals surface area contributed by atoms with Gasteiger partial charge < -0.3 is 10.5 Å². The highest BCUT2D eigenvalue weighted by molar-refractivity contribution is 5.45. The van der Waals surface area contributed by atoms with Crippen molar-refractivity contribution < 1.29 is 17.9 Å². The molecule has 0 aliphatic rings. The number of nitrogens with two attached hydrogens (primary N) is 1. The van der Waals surface area contributed by atoms with E-state index in [1.165, 1.54) is 0 Å². The van der Waals surface area contributed by atoms with Crippen molar-refractivity contribution in [1.29, 1.82) is 0 Å². The maximum atomic E-state index is 13.1. The minimum absolute atomic E-state index is 0.443. The highest BCUT2D eigenvalue weighted by Gasteiger charge is 2.19. The van der Waals surface area contributed by atoms with Gasteiger partial charge in [0.05, 0.1) is 11.8 Å². The molecule has 0 aliphatic carbocycles. The molecule has 0 aromatic heterocycles. The third kappa shape index (κ3) is 1.92. The monoisotopic (exact) mass is 205 g/mol. The van der Waals surface area contributed by atoms with E-state index in [2.05, 4.69) is 0 Å². The molecule has 0 saturated carbocycles. The molecule has 0 unspecified atom stereocenters. The van der Waals surface area contributed by atoms with E-state index in [9.17, 15) is 13.2 Å². The van der Waals surface area contributed by atoms with Crippen LogP contribution in [0.15, 0.2) is 6.07 Å². The molecule has 0 saturated heterocycles. The number of benzene rings is 1. The summed E-state index contributed by atoms with van der Waals surface area (Å²) >= 11 is 0. The van der Waals surface area contributed by atoms with E-state index in [-0.39, 0.29) is 0 Å². The Labute approximate surface area is 79.5 Å². The molecular weight excluding hydrogens is 195 g/mol. The lowest BCUT2D eigenvalue weighted by atomic mass is 10.2. The molecule has 78 valence electrons. The number of ether oxygens (including phenoxy) is 1. The van der Waals surface area contributed by atoms with Crippen LogP contribution in [-0.4, -0.2) is 6.10 Å². The first-order valence-electron chi connectivity index (χ1n) is 4.03. The topological polar surface area (TPSA) is 35.2 Å². The molecule has 1 aromatic carbocycles. The Morgan fingerprint density at radius 2 is 1.79 bits per heavy atom. The highest BCUT2D eigenvalue weighted by atomic mass is 19.2. The summed E-state index contributed by atoms with van der Waals surface area (Å²) in [4.78, 5) is 0. The molecule has 0 spiro atoms. The molecule has 2 nitrogen and oxygen atoms in total. The van der Waals surface area contributed by atoms with Crippen molar-refractivity contribution in [2.75, 3.05) is 5.73 Å². The van der Waals surface area contributed by atoms with Gasteiger partial charge in [-0.15, -0.1) is 0 Å². The molecule has 0 fully saturated rings. The van der Waals surface area contributed by atoms with E-state index < -0.39 is 35.0 Å². The lowest BCUT2D eigenvalue weighted by molar-refractivity contribution is 0.216. The second kappa shape index (κ2) is 3.77. The SMILES string of the molecule is CC(C)Oc1c(F)cc(N)c(F)c1F. The van der Waals surface area contributed by atoms with Crippen LogP contribution >= 0.6 is 0 Å². The third-order valence-electron chi connectivity index (χ3n) is 1.50. The summed E-state index contributed by atoms with van der Waals surface area (Å²) in [6, 6.07) is 0.691. The van der Waals surface area contributed by atoms with E-state index >= 15 is 0 Å². The second-order valence-electron chi connectivity index (χ2n) is 3.07. The number of halogens is 3. The molecule has 0 radical (unpaired) electrons. The van der Waals surface area contributed by atoms with Crippen LogP contribution in [-0.2, 0) is 0 Å². The average Bonchev–Trinajstić information content (AvgIpc) is 2.09. The molecular formula is C9H10F3NO. The van der Waals surface area contributed by atoms with Crippen LogP contribution in [0.2, 0.25) is 0 Å². The summed E-state index contributed by atoms with van der Waals surface area (Å²) in [5, 5.41) is 0. The quantitative estimate of drug-likeness (QED) is 0.594. The van der Waals surface area contributed by atoms with Crippen LogP contribution < -0.4 is 10.5 Å². The van der Waals surface area contributed by atoms with Crippen LogP contribution in [0, 0.1) is 17.5 Å². The Hall–Kier alpha value is -1.39. The zero-order valence-electron chi connectivity index (χ0n) is 7.77. The van der Waals surface area contributed by atoms with Crippen molar-refractivity contribution in [3.63, 3.8) is 0 Å². The molecule has 1 rings (SSSR count). The van der Waals surface area contributed by atoms with E-state index in [0.29, 0.717) is 6.07 Å². The first-order valence-corrected chi connectivity index (χ1v) is 4.03. The van der Waals surface area contributed by atoms with Crippen molar-refractivity contribution in [2.24, 2.45) is 0 Å². The van der Waals surface area contributed by atoms with Crippen molar-refractivity contribution in [1.82, 2.24) is 0 Å². The fraction of sp³-hybridized carbons (Fsp3) is 0.333. The van der Waals surface area contributed by atoms with Gasteiger partial charge in [0.2, 0.25) is 5.82 Å². The Bertz CT molecular complexity index is 352. The summed E-state index contributed by atoms with van der Waals surface area (Å²) < 4.78 is 43.7. The van der Waals surface area contributed by atoms with Gasteiger partial charge in [0.25, 0.3) is 0 Å². The Morgan fingerprint density at radius 3 is 2.29 bits per heavy atom. The summed E-state index contributed by atoms with van der Waals surface area (Å²) in [5.74, 6) is -4.42. The molecule has 1 aromatic rings. The van der Waals surface area contributed by atoms with Crippen molar-refractivity contribution in [3.8, 4) is 5.75 Å². The predicted octanol–water partition coefficient (Wildman–Crippen LogP) is 2.47. The van der Waals surface area contributed by atoms with Gasteiger partial charge in [0, 0.05) is 6.07 Å². The third-order valence-corrected chi connectivity index (χ3v) is 1.50. The van der Waals surface area contributed by atoms with Crippen LogP contribution in [0.1, 0.15) is 13.8 Å². The molecule has 5 heteroatoms. The number of anilines is 1. The van der Waals surface area contributed by atoms with Crippen LogP contribution in [0.25, 0.3) is 0 Å². The summed E-state index contributed by atoms with van der Waals surface area (Å²) in [7, 11) is 0. The Balaban J connectivity index is 3.22. The van der Waals surface area contributed by atoms with Gasteiger partial charge in [-0.1, -0.05) is 0 Å². The molecule has 14 heavy (non-hydrogen) atoms. The van der Waals surface area contributed by atoms with Gasteiger partial charge in [0.15, 0.2) is 17.4 Å². The second-order valence-corrected chi connectivity index (χ2v) is 3.07. The van der Waals surface area contributed by atoms with E-state index in [1.54, 1.807) is 13.8 Å². The van der Waals surface area contributed by atoms with Gasteiger partial charge in [0.1, 0.15) is 0 Å². The molecule has 0 amide bonds. The number of nitrogen functional groups attached to an aromatic ring is 1. The highest BCUT2D eigenvalue weighted by Crippen LogP contribution is 2.28. The van der Waals surface area contributed by atoms with Crippen molar-refractivity contribution in [2.45, 2.75) is 20.0 Å². The predicted molar refractivity (Wildman–Crippen MR) is 46.5 cm³/mol. The molecule has 0 atom stereocenters. The average molecular weight is 205 g/mol. The largest absolute Gasteiger partial charge is 0.485 e. The Kier molecular flexibility index (Phi) is 2.88. The van der Waals surface area contributed by atoms with Gasteiger partial charge in [-0.2, -0.15) is 4.39 Å². The first kappa shape index (κ1) is 10.7. The summed E-state index contributed by atoms with van der Waals surface area (Å²) in [6.07, 6.45) is -0.443. The zero-order chi connectivity index (χ0) is 10.9. The number of hydrogen-bond donors (Lipinski definition) is 1. The lowest BCUT2D eigenvalue weighted by Crippen LogP contribution is -2.10. The number of rotatable bonds is 2. The molecule has 0 heterocycles. The maximum absolute atomic E-state index is 13.1. The standard InChI is InChI=1S/C9H10F3NO/c1-4(2)14-9-5(10)3-6(13)7(11)8(9)12/h3-4H,13H2,1-2H3. The van der Waals surface area contributed by atoms with Crippen LogP contribution in [0.4, 0.5) is 18.9 Å². The van der Waals surface area contributed by atoms with E-state index in [0.717, 1.165) is 0 Å². The van der Waals surface area contributed by atoms with E-state index in [4.69, 9.17) is 10.5 Å². The smallest absolute Gasteiger partial charge is 0.205 e. The maximum Gasteiger partial charge on any atom is 0.205 e. The van der Waals surface area contributed by atoms with Crippen LogP contribution in [0.5, 0.6) is 5.75 Å². The van der Waals surface area contributed by atoms with Crippen LogP contribution in [0.3, 0.4) is 0 Å². The molecule has 0 bridgehead atoms. The van der Waals surface area contributed by atoms with Gasteiger partial charge in [-0.05, 0) is 13.8 Å². The van der Waals surface area contributed by atoms with Crippen molar-refractivity contribution in [3.05, 3.63) is 23.5 Å². The molecule has 2 N–H and O–H groups in total. The fourth-order valence-electron chi connectivity index (χ4n) is 0.940. The number of hydrogen-bond acceptors (Lipinski definition) is 2. The normalized spacial score (nSPS) is 10.7. The minimum Gasteiger partial charge on any atom is -0.485 e. The first-order chi connectivity index (χ1) is 6.43. The van der Waals surface area contributed by atoms with E-state index in [1.807, 2.05) is 0 Å². The van der Waals surface area contributed by atoms with Gasteiger partial charge in [-0.25, -0.2) is 8.78 Å². The minimum atomic E-state index is -1.39. The molecule has 0 aliphatic heterocycles. The summed E-state index contributed by atoms with van der Waals surface area (Å²) in [6.45, 7) is 3.15. The van der Waals surface area contributed by atoms with Crippen molar-refractivity contribution >= 4 is 5.69 Å². The zero-order valence-corrected chi connectivity index (χ0v) is 7.77. The van der Waals surface area contributed by atoms with Gasteiger partial charge >= 0.3 is 0 Å². The Morgan fingerprint density at radius 1 is 1.21 bits per heavy atom. The lowest BCUT2D eigenvalue weighted by Gasteiger charge is -2.12. The van der Waals surface area contributed by atoms with Gasteiger partial charge in [-0.3, -0.25) is 0 Å². The summed E-state index contributed by atoms with van der Waals surface area (Å²) in [5.41, 5.74) is 4.44.